The van der Waals surface area contributed by atoms with E-state index in [1.165, 1.54) is 6.08 Å². The average Bonchev–Trinajstić information content (AvgIpc) is 2.03. The molecule has 0 heterocycles. The van der Waals surface area contributed by atoms with Crippen LogP contribution >= 0.6 is 12.6 Å². The van der Waals surface area contributed by atoms with Crippen LogP contribution in [0.3, 0.4) is 0 Å². The summed E-state index contributed by atoms with van der Waals surface area (Å²) in [7, 11) is 0. The lowest BCUT2D eigenvalue weighted by Crippen LogP contribution is -1.75. The predicted octanol–water partition coefficient (Wildman–Crippen LogP) is 1.86. The third kappa shape index (κ3) is 2.80. The van der Waals surface area contributed by atoms with Crippen molar-refractivity contribution in [3.8, 4) is 5.75 Å². The first kappa shape index (κ1) is 8.87. The topological polar surface area (TPSA) is 37.3 Å². The lowest BCUT2D eigenvalue weighted by atomic mass is 10.2. The van der Waals surface area contributed by atoms with Crippen LogP contribution in [0.4, 0.5) is 0 Å². The summed E-state index contributed by atoms with van der Waals surface area (Å²) in [5.74, 6) is 0.212. The number of hydrogen-bond acceptors (Lipinski definition) is 2. The Balaban J connectivity index is 2.77. The number of phenolic OH excluding ortho intramolecular Hbond substituents is 1. The van der Waals surface area contributed by atoms with Crippen LogP contribution in [0.1, 0.15) is 5.56 Å². The molecule has 0 saturated heterocycles. The van der Waals surface area contributed by atoms with Crippen molar-refractivity contribution in [1.29, 1.82) is 0 Å². The number of benzene rings is 1. The monoisotopic (exact) mass is 180 g/mol. The summed E-state index contributed by atoms with van der Waals surface area (Å²) in [5.41, 5.74) is 0.857. The lowest BCUT2D eigenvalue weighted by molar-refractivity contribution is -0.106. The van der Waals surface area contributed by atoms with Gasteiger partial charge >= 0.3 is 0 Å². The fraction of sp³-hybridized carbons (Fsp3) is 0. The summed E-state index contributed by atoms with van der Waals surface area (Å²) < 4.78 is 0. The second-order valence-corrected chi connectivity index (χ2v) is 2.70. The van der Waals surface area contributed by atoms with Crippen LogP contribution in [-0.4, -0.2) is 10.2 Å². The SMILES string of the molecule is O=C(S)/C=C/c1ccc(O)cc1. The van der Waals surface area contributed by atoms with Gasteiger partial charge in [0.05, 0.1) is 0 Å². The van der Waals surface area contributed by atoms with Crippen LogP contribution in [0.2, 0.25) is 0 Å². The minimum atomic E-state index is -0.289. The number of hydrogen-bond donors (Lipinski definition) is 2. The van der Waals surface area contributed by atoms with E-state index in [0.717, 1.165) is 5.56 Å². The molecule has 0 saturated carbocycles. The lowest BCUT2D eigenvalue weighted by Gasteiger charge is -1.92. The van der Waals surface area contributed by atoms with E-state index in [-0.39, 0.29) is 10.9 Å². The third-order valence-corrected chi connectivity index (χ3v) is 1.46. The molecular formula is C9H8O2S. The van der Waals surface area contributed by atoms with Crippen molar-refractivity contribution >= 4 is 23.8 Å². The van der Waals surface area contributed by atoms with Gasteiger partial charge in [0.2, 0.25) is 5.12 Å². The molecule has 0 aliphatic rings. The van der Waals surface area contributed by atoms with Crippen molar-refractivity contribution in [3.05, 3.63) is 35.9 Å². The van der Waals surface area contributed by atoms with E-state index in [2.05, 4.69) is 12.6 Å². The Labute approximate surface area is 75.9 Å². The Bertz CT molecular complexity index is 301. The Morgan fingerprint density at radius 1 is 1.33 bits per heavy atom. The molecule has 12 heavy (non-hydrogen) atoms. The Morgan fingerprint density at radius 3 is 2.42 bits per heavy atom. The molecule has 3 heteroatoms. The summed E-state index contributed by atoms with van der Waals surface area (Å²) in [6, 6.07) is 6.54. The predicted molar refractivity (Wildman–Crippen MR) is 51.1 cm³/mol. The molecule has 0 fully saturated rings. The molecule has 0 unspecified atom stereocenters. The molecule has 1 rings (SSSR count). The van der Waals surface area contributed by atoms with Crippen molar-refractivity contribution in [2.45, 2.75) is 0 Å². The number of carbonyl (C=O) groups is 1. The van der Waals surface area contributed by atoms with Crippen LogP contribution in [-0.2, 0) is 4.79 Å². The zero-order chi connectivity index (χ0) is 8.97. The van der Waals surface area contributed by atoms with Gasteiger partial charge in [0.25, 0.3) is 0 Å². The van der Waals surface area contributed by atoms with E-state index in [1.807, 2.05) is 0 Å². The Hall–Kier alpha value is -1.22. The molecule has 1 aromatic rings. The molecule has 0 aromatic heterocycles. The number of aromatic hydroxyl groups is 1. The highest BCUT2D eigenvalue weighted by Gasteiger charge is 1.88. The highest BCUT2D eigenvalue weighted by atomic mass is 32.1. The number of carbonyl (C=O) groups excluding carboxylic acids is 1. The minimum absolute atomic E-state index is 0.212. The summed E-state index contributed by atoms with van der Waals surface area (Å²) in [6.45, 7) is 0. The van der Waals surface area contributed by atoms with E-state index in [4.69, 9.17) is 5.11 Å². The maximum atomic E-state index is 10.4. The standard InChI is InChI=1S/C9H8O2S/c10-8-4-1-7(2-5-8)3-6-9(11)12/h1-6,10H,(H,11,12)/b6-3+. The van der Waals surface area contributed by atoms with Gasteiger partial charge in [-0.25, -0.2) is 0 Å². The van der Waals surface area contributed by atoms with Gasteiger partial charge < -0.3 is 5.11 Å². The number of rotatable bonds is 2. The van der Waals surface area contributed by atoms with E-state index in [9.17, 15) is 4.79 Å². The molecule has 0 aliphatic heterocycles. The van der Waals surface area contributed by atoms with Gasteiger partial charge in [-0.05, 0) is 23.8 Å². The highest BCUT2D eigenvalue weighted by molar-refractivity contribution is 7.97. The second-order valence-electron chi connectivity index (χ2n) is 2.26. The maximum Gasteiger partial charge on any atom is 0.209 e. The molecule has 0 aliphatic carbocycles. The van der Waals surface area contributed by atoms with Crippen LogP contribution in [0, 0.1) is 0 Å². The van der Waals surface area contributed by atoms with E-state index >= 15 is 0 Å². The van der Waals surface area contributed by atoms with E-state index < -0.39 is 0 Å². The summed E-state index contributed by atoms with van der Waals surface area (Å²) in [4.78, 5) is 10.4. The minimum Gasteiger partial charge on any atom is -0.508 e. The van der Waals surface area contributed by atoms with Crippen molar-refractivity contribution < 1.29 is 9.90 Å². The largest absolute Gasteiger partial charge is 0.508 e. The summed E-state index contributed by atoms with van der Waals surface area (Å²) in [6.07, 6.45) is 2.99. The Morgan fingerprint density at radius 2 is 1.92 bits per heavy atom. The summed E-state index contributed by atoms with van der Waals surface area (Å²) in [5, 5.41) is 8.64. The first-order chi connectivity index (χ1) is 5.68. The van der Waals surface area contributed by atoms with Gasteiger partial charge in [-0.3, -0.25) is 4.79 Å². The van der Waals surface area contributed by atoms with Crippen molar-refractivity contribution in [2.24, 2.45) is 0 Å². The average molecular weight is 180 g/mol. The van der Waals surface area contributed by atoms with E-state index in [0.29, 0.717) is 0 Å². The van der Waals surface area contributed by atoms with Crippen LogP contribution in [0.5, 0.6) is 5.75 Å². The van der Waals surface area contributed by atoms with Gasteiger partial charge in [-0.15, -0.1) is 12.6 Å². The molecule has 0 bridgehead atoms. The fourth-order valence-electron chi connectivity index (χ4n) is 0.753. The van der Waals surface area contributed by atoms with Gasteiger partial charge in [0, 0.05) is 0 Å². The van der Waals surface area contributed by atoms with Crippen LogP contribution in [0.15, 0.2) is 30.3 Å². The maximum absolute atomic E-state index is 10.4. The van der Waals surface area contributed by atoms with E-state index in [1.54, 1.807) is 30.3 Å². The molecule has 2 nitrogen and oxygen atoms in total. The molecule has 0 spiro atoms. The molecule has 62 valence electrons. The molecule has 0 atom stereocenters. The molecule has 1 N–H and O–H groups in total. The highest BCUT2D eigenvalue weighted by Crippen LogP contribution is 2.10. The van der Waals surface area contributed by atoms with Crippen LogP contribution in [0.25, 0.3) is 6.08 Å². The van der Waals surface area contributed by atoms with Gasteiger partial charge in [-0.2, -0.15) is 0 Å². The zero-order valence-corrected chi connectivity index (χ0v) is 7.16. The first-order valence-corrected chi connectivity index (χ1v) is 3.83. The third-order valence-electron chi connectivity index (χ3n) is 1.31. The second kappa shape index (κ2) is 3.97. The van der Waals surface area contributed by atoms with Crippen molar-refractivity contribution in [3.63, 3.8) is 0 Å². The number of thiol groups is 1. The molecule has 0 amide bonds. The van der Waals surface area contributed by atoms with Gasteiger partial charge in [0.15, 0.2) is 0 Å². The molecular weight excluding hydrogens is 172 g/mol. The smallest absolute Gasteiger partial charge is 0.209 e. The molecule has 0 radical (unpaired) electrons. The zero-order valence-electron chi connectivity index (χ0n) is 6.27. The van der Waals surface area contributed by atoms with Crippen molar-refractivity contribution in [2.75, 3.05) is 0 Å². The van der Waals surface area contributed by atoms with Gasteiger partial charge in [0.1, 0.15) is 5.75 Å². The van der Waals surface area contributed by atoms with Crippen molar-refractivity contribution in [1.82, 2.24) is 0 Å². The quantitative estimate of drug-likeness (QED) is 0.538. The Kier molecular flexibility index (Phi) is 2.94. The summed E-state index contributed by atoms with van der Waals surface area (Å²) >= 11 is 3.57. The van der Waals surface area contributed by atoms with Gasteiger partial charge in [-0.1, -0.05) is 18.2 Å². The fourth-order valence-corrected chi connectivity index (χ4v) is 0.827. The first-order valence-electron chi connectivity index (χ1n) is 3.38. The normalized spacial score (nSPS) is 10.4. The van der Waals surface area contributed by atoms with Crippen LogP contribution < -0.4 is 0 Å². The molecule has 1 aromatic carbocycles. The number of phenols is 1.